The molecule has 2 rings (SSSR count). The molecule has 0 spiro atoms. The van der Waals surface area contributed by atoms with Crippen LogP contribution < -0.4 is 5.32 Å². The highest BCUT2D eigenvalue weighted by molar-refractivity contribution is 6.33. The van der Waals surface area contributed by atoms with Crippen molar-refractivity contribution in [1.82, 2.24) is 10.3 Å². The first-order valence-corrected chi connectivity index (χ1v) is 5.71. The molecule has 0 radical (unpaired) electrons. The summed E-state index contributed by atoms with van der Waals surface area (Å²) in [4.78, 5) is 16.0. The molecule has 1 amide bonds. The van der Waals surface area contributed by atoms with E-state index < -0.39 is 0 Å². The fourth-order valence-electron chi connectivity index (χ4n) is 1.64. The molecule has 1 N–H and O–H groups in total. The summed E-state index contributed by atoms with van der Waals surface area (Å²) < 4.78 is 0. The molecule has 3 nitrogen and oxygen atoms in total. The zero-order valence-electron chi connectivity index (χ0n) is 9.67. The number of aromatic nitrogens is 1. The van der Waals surface area contributed by atoms with Crippen LogP contribution in [0.3, 0.4) is 0 Å². The molecule has 0 saturated heterocycles. The minimum absolute atomic E-state index is 0.131. The van der Waals surface area contributed by atoms with Crippen LogP contribution >= 0.6 is 11.6 Å². The Labute approximate surface area is 100 Å². The lowest BCUT2D eigenvalue weighted by atomic mass is 10.2. The van der Waals surface area contributed by atoms with Crippen LogP contribution in [0.5, 0.6) is 0 Å². The summed E-state index contributed by atoms with van der Waals surface area (Å²) in [6.07, 6.45) is 2.55. The molecule has 86 valence electrons. The van der Waals surface area contributed by atoms with Crippen molar-refractivity contribution in [3.05, 3.63) is 28.5 Å². The fourth-order valence-corrected chi connectivity index (χ4v) is 1.94. The average molecular weight is 239 g/mol. The summed E-state index contributed by atoms with van der Waals surface area (Å²) in [7, 11) is 0. The molecule has 1 fully saturated rings. The predicted octanol–water partition coefficient (Wildman–Crippen LogP) is 2.57. The maximum atomic E-state index is 11.9. The number of pyridine rings is 1. The third-order valence-electron chi connectivity index (χ3n) is 3.05. The van der Waals surface area contributed by atoms with Gasteiger partial charge in [0.05, 0.1) is 10.6 Å². The minimum atomic E-state index is -0.131. The smallest absolute Gasteiger partial charge is 0.254 e. The lowest BCUT2D eigenvalue weighted by Gasteiger charge is -2.08. The topological polar surface area (TPSA) is 42.0 Å². The Morgan fingerprint density at radius 1 is 1.62 bits per heavy atom. The van der Waals surface area contributed by atoms with Gasteiger partial charge in [-0.2, -0.15) is 0 Å². The summed E-state index contributed by atoms with van der Waals surface area (Å²) in [5.74, 6) is -0.131. The average Bonchev–Trinajstić information content (AvgIpc) is 2.72. The molecule has 1 saturated carbocycles. The van der Waals surface area contributed by atoms with Gasteiger partial charge < -0.3 is 5.32 Å². The van der Waals surface area contributed by atoms with E-state index in [-0.39, 0.29) is 17.4 Å². The molecule has 1 atom stereocenters. The van der Waals surface area contributed by atoms with Gasteiger partial charge in [-0.05, 0) is 24.8 Å². The Balaban J connectivity index is 2.10. The second-order valence-corrected chi connectivity index (χ2v) is 5.43. The number of hydrogen-bond acceptors (Lipinski definition) is 2. The van der Waals surface area contributed by atoms with Gasteiger partial charge in [0.15, 0.2) is 0 Å². The Bertz CT molecular complexity index is 443. The number of carbonyl (C=O) groups is 1. The number of amides is 1. The number of hydrogen-bond donors (Lipinski definition) is 1. The van der Waals surface area contributed by atoms with E-state index in [1.807, 2.05) is 6.92 Å². The Kier molecular flexibility index (Phi) is 2.66. The maximum Gasteiger partial charge on any atom is 0.254 e. The number of nitrogens with one attached hydrogen (secondary N) is 1. The van der Waals surface area contributed by atoms with Gasteiger partial charge in [0, 0.05) is 17.9 Å². The number of halogens is 1. The highest BCUT2D eigenvalue weighted by Crippen LogP contribution is 2.44. The van der Waals surface area contributed by atoms with Gasteiger partial charge in [-0.1, -0.05) is 25.4 Å². The monoisotopic (exact) mass is 238 g/mol. The molecule has 1 aliphatic rings. The molecule has 4 heteroatoms. The van der Waals surface area contributed by atoms with Crippen LogP contribution in [-0.2, 0) is 0 Å². The third-order valence-corrected chi connectivity index (χ3v) is 3.37. The number of aryl methyl sites for hydroxylation is 1. The van der Waals surface area contributed by atoms with Crippen LogP contribution in [-0.4, -0.2) is 16.9 Å². The van der Waals surface area contributed by atoms with Gasteiger partial charge in [0.2, 0.25) is 0 Å². The molecular weight excluding hydrogens is 224 g/mol. The summed E-state index contributed by atoms with van der Waals surface area (Å²) in [5.41, 5.74) is 1.49. The molecule has 0 bridgehead atoms. The highest BCUT2D eigenvalue weighted by atomic mass is 35.5. The Morgan fingerprint density at radius 2 is 2.25 bits per heavy atom. The Morgan fingerprint density at radius 3 is 2.75 bits per heavy atom. The van der Waals surface area contributed by atoms with Crippen LogP contribution in [0.15, 0.2) is 12.3 Å². The van der Waals surface area contributed by atoms with Crippen LogP contribution in [0, 0.1) is 12.3 Å². The second kappa shape index (κ2) is 3.74. The lowest BCUT2D eigenvalue weighted by Crippen LogP contribution is -2.28. The minimum Gasteiger partial charge on any atom is -0.349 e. The zero-order chi connectivity index (χ0) is 11.9. The van der Waals surface area contributed by atoms with Gasteiger partial charge in [-0.15, -0.1) is 0 Å². The largest absolute Gasteiger partial charge is 0.349 e. The predicted molar refractivity (Wildman–Crippen MR) is 63.6 cm³/mol. The first-order valence-electron chi connectivity index (χ1n) is 5.33. The van der Waals surface area contributed by atoms with Crippen LogP contribution in [0.2, 0.25) is 5.02 Å². The van der Waals surface area contributed by atoms with E-state index in [1.54, 1.807) is 6.07 Å². The number of rotatable bonds is 2. The van der Waals surface area contributed by atoms with Crippen molar-refractivity contribution in [3.63, 3.8) is 0 Å². The van der Waals surface area contributed by atoms with Crippen molar-refractivity contribution in [1.29, 1.82) is 0 Å². The first-order chi connectivity index (χ1) is 7.40. The second-order valence-electron chi connectivity index (χ2n) is 5.02. The molecule has 1 aromatic heterocycles. The van der Waals surface area contributed by atoms with E-state index >= 15 is 0 Å². The van der Waals surface area contributed by atoms with E-state index in [9.17, 15) is 4.79 Å². The summed E-state index contributed by atoms with van der Waals surface area (Å²) >= 11 is 6.00. The van der Waals surface area contributed by atoms with Gasteiger partial charge in [-0.25, -0.2) is 0 Å². The summed E-state index contributed by atoms with van der Waals surface area (Å²) in [6, 6.07) is 1.96. The molecule has 1 heterocycles. The Hall–Kier alpha value is -1.09. The van der Waals surface area contributed by atoms with E-state index in [1.165, 1.54) is 6.20 Å². The standard InChI is InChI=1S/C12H15ClN2O/c1-7-4-9(13)8(6-14-7)11(16)15-10-5-12(10,2)3/h4,6,10H,5H2,1-3H3,(H,15,16). The molecule has 1 aromatic rings. The van der Waals surface area contributed by atoms with Crippen LogP contribution in [0.25, 0.3) is 0 Å². The fraction of sp³-hybridized carbons (Fsp3) is 0.500. The quantitative estimate of drug-likeness (QED) is 0.861. The molecule has 0 aliphatic heterocycles. The van der Waals surface area contributed by atoms with Gasteiger partial charge in [0.1, 0.15) is 0 Å². The van der Waals surface area contributed by atoms with Crippen molar-refractivity contribution >= 4 is 17.5 Å². The van der Waals surface area contributed by atoms with E-state index in [2.05, 4.69) is 24.1 Å². The first kappa shape index (κ1) is 11.4. The molecule has 0 aromatic carbocycles. The van der Waals surface area contributed by atoms with Gasteiger partial charge in [-0.3, -0.25) is 9.78 Å². The highest BCUT2D eigenvalue weighted by Gasteiger charge is 2.46. The number of nitrogens with zero attached hydrogens (tertiary/aromatic N) is 1. The van der Waals surface area contributed by atoms with Crippen LogP contribution in [0.4, 0.5) is 0 Å². The zero-order valence-corrected chi connectivity index (χ0v) is 10.4. The summed E-state index contributed by atoms with van der Waals surface area (Å²) in [5, 5.41) is 3.42. The van der Waals surface area contributed by atoms with Gasteiger partial charge >= 0.3 is 0 Å². The summed E-state index contributed by atoms with van der Waals surface area (Å²) in [6.45, 7) is 6.11. The van der Waals surface area contributed by atoms with E-state index in [0.29, 0.717) is 10.6 Å². The van der Waals surface area contributed by atoms with E-state index in [4.69, 9.17) is 11.6 Å². The molecule has 1 aliphatic carbocycles. The van der Waals surface area contributed by atoms with Gasteiger partial charge in [0.25, 0.3) is 5.91 Å². The van der Waals surface area contributed by atoms with Crippen molar-refractivity contribution < 1.29 is 4.79 Å². The van der Waals surface area contributed by atoms with Crippen molar-refractivity contribution in [2.24, 2.45) is 5.41 Å². The SMILES string of the molecule is Cc1cc(Cl)c(C(=O)NC2CC2(C)C)cn1. The van der Waals surface area contributed by atoms with E-state index in [0.717, 1.165) is 12.1 Å². The lowest BCUT2D eigenvalue weighted by molar-refractivity contribution is 0.0946. The maximum absolute atomic E-state index is 11.9. The molecule has 16 heavy (non-hydrogen) atoms. The number of carbonyl (C=O) groups excluding carboxylic acids is 1. The normalized spacial score (nSPS) is 21.6. The van der Waals surface area contributed by atoms with Crippen molar-refractivity contribution in [2.75, 3.05) is 0 Å². The molecule has 1 unspecified atom stereocenters. The van der Waals surface area contributed by atoms with Crippen molar-refractivity contribution in [2.45, 2.75) is 33.2 Å². The molecular formula is C12H15ClN2O. The van der Waals surface area contributed by atoms with Crippen LogP contribution in [0.1, 0.15) is 36.3 Å². The van der Waals surface area contributed by atoms with Crippen molar-refractivity contribution in [3.8, 4) is 0 Å². The third kappa shape index (κ3) is 2.19.